The van der Waals surface area contributed by atoms with Gasteiger partial charge in [0.15, 0.2) is 23.0 Å². The van der Waals surface area contributed by atoms with E-state index >= 15 is 0 Å². The van der Waals surface area contributed by atoms with E-state index in [1.54, 1.807) is 26.4 Å². The molecule has 1 atom stereocenters. The molecule has 0 aliphatic heterocycles. The number of hydrogen-bond acceptors (Lipinski definition) is 5. The molecule has 0 fully saturated rings. The van der Waals surface area contributed by atoms with Crippen LogP contribution in [0.3, 0.4) is 0 Å². The van der Waals surface area contributed by atoms with Gasteiger partial charge in [0.25, 0.3) is 0 Å². The molecule has 0 aromatic heterocycles. The van der Waals surface area contributed by atoms with Gasteiger partial charge in [-0.25, -0.2) is 0 Å². The molecular weight excluding hydrogens is 578 g/mol. The minimum Gasteiger partial charge on any atom is -0.504 e. The Bertz CT molecular complexity index is 1170. The lowest BCUT2D eigenvalue weighted by Crippen LogP contribution is -2.36. The average molecular weight is 607 g/mol. The van der Waals surface area contributed by atoms with Crippen LogP contribution in [-0.4, -0.2) is 43.8 Å². The van der Waals surface area contributed by atoms with E-state index in [9.17, 15) is 9.90 Å². The SMILES string of the molecule is COc1cc(Br)c(CCN(C(=O)Cc2cc(OC)c(OC)cc2Br)[C@@H](C)c2ccccc2)cc1O. The van der Waals surface area contributed by atoms with Gasteiger partial charge >= 0.3 is 0 Å². The Kier molecular flexibility index (Phi) is 9.46. The first kappa shape index (κ1) is 26.9. The summed E-state index contributed by atoms with van der Waals surface area (Å²) in [6.45, 7) is 2.49. The topological polar surface area (TPSA) is 68.2 Å². The number of ether oxygens (including phenoxy) is 3. The third-order valence-corrected chi connectivity index (χ3v) is 7.41. The second-order valence-electron chi connectivity index (χ2n) is 8.01. The van der Waals surface area contributed by atoms with Crippen LogP contribution in [0.15, 0.2) is 63.5 Å². The third kappa shape index (κ3) is 6.49. The zero-order chi connectivity index (χ0) is 25.5. The number of hydrogen-bond donors (Lipinski definition) is 1. The van der Waals surface area contributed by atoms with Gasteiger partial charge in [-0.15, -0.1) is 0 Å². The summed E-state index contributed by atoms with van der Waals surface area (Å²) < 4.78 is 17.6. The molecule has 0 radical (unpaired) electrons. The normalized spacial score (nSPS) is 11.6. The molecule has 0 saturated heterocycles. The molecule has 0 spiro atoms. The molecule has 6 nitrogen and oxygen atoms in total. The van der Waals surface area contributed by atoms with Crippen molar-refractivity contribution in [3.05, 3.63) is 80.2 Å². The summed E-state index contributed by atoms with van der Waals surface area (Å²) in [7, 11) is 4.66. The van der Waals surface area contributed by atoms with Crippen molar-refractivity contribution in [2.45, 2.75) is 25.8 Å². The first-order chi connectivity index (χ1) is 16.8. The van der Waals surface area contributed by atoms with Crippen LogP contribution < -0.4 is 14.2 Å². The second kappa shape index (κ2) is 12.3. The van der Waals surface area contributed by atoms with Gasteiger partial charge in [0, 0.05) is 15.5 Å². The summed E-state index contributed by atoms with van der Waals surface area (Å²) in [4.78, 5) is 15.5. The fourth-order valence-electron chi connectivity index (χ4n) is 3.92. The highest BCUT2D eigenvalue weighted by atomic mass is 79.9. The Labute approximate surface area is 223 Å². The van der Waals surface area contributed by atoms with Crippen molar-refractivity contribution >= 4 is 37.8 Å². The second-order valence-corrected chi connectivity index (χ2v) is 9.72. The number of carbonyl (C=O) groups excluding carboxylic acids is 1. The molecule has 3 rings (SSSR count). The molecule has 3 aromatic carbocycles. The third-order valence-electron chi connectivity index (χ3n) is 5.93. The number of aromatic hydroxyl groups is 1. The quantitative estimate of drug-likeness (QED) is 0.293. The maximum Gasteiger partial charge on any atom is 0.227 e. The molecule has 0 unspecified atom stereocenters. The van der Waals surface area contributed by atoms with E-state index in [4.69, 9.17) is 14.2 Å². The number of nitrogens with zero attached hydrogens (tertiary/aromatic N) is 1. The summed E-state index contributed by atoms with van der Waals surface area (Å²) in [5.74, 6) is 1.59. The van der Waals surface area contributed by atoms with Gasteiger partial charge in [-0.2, -0.15) is 0 Å². The number of carbonyl (C=O) groups is 1. The van der Waals surface area contributed by atoms with Gasteiger partial charge in [-0.1, -0.05) is 62.2 Å². The smallest absolute Gasteiger partial charge is 0.227 e. The average Bonchev–Trinajstić information content (AvgIpc) is 2.87. The first-order valence-corrected chi connectivity index (χ1v) is 12.7. The van der Waals surface area contributed by atoms with E-state index in [-0.39, 0.29) is 24.1 Å². The van der Waals surface area contributed by atoms with Crippen LogP contribution in [-0.2, 0) is 17.6 Å². The van der Waals surface area contributed by atoms with Crippen LogP contribution in [0.5, 0.6) is 23.0 Å². The molecule has 35 heavy (non-hydrogen) atoms. The van der Waals surface area contributed by atoms with Crippen LogP contribution in [0.1, 0.15) is 29.7 Å². The summed E-state index contributed by atoms with van der Waals surface area (Å²) in [6, 6.07) is 16.8. The first-order valence-electron chi connectivity index (χ1n) is 11.1. The number of amides is 1. The molecule has 0 bridgehead atoms. The molecule has 1 N–H and O–H groups in total. The number of phenols is 1. The van der Waals surface area contributed by atoms with Crippen molar-refractivity contribution in [2.24, 2.45) is 0 Å². The van der Waals surface area contributed by atoms with Crippen molar-refractivity contribution in [3.63, 3.8) is 0 Å². The molecule has 186 valence electrons. The van der Waals surface area contributed by atoms with Crippen molar-refractivity contribution in [3.8, 4) is 23.0 Å². The van der Waals surface area contributed by atoms with Crippen LogP contribution in [0.25, 0.3) is 0 Å². The van der Waals surface area contributed by atoms with E-state index < -0.39 is 0 Å². The maximum absolute atomic E-state index is 13.7. The molecule has 8 heteroatoms. The lowest BCUT2D eigenvalue weighted by molar-refractivity contribution is -0.132. The number of methoxy groups -OCH3 is 3. The van der Waals surface area contributed by atoms with Gasteiger partial charge < -0.3 is 24.2 Å². The predicted molar refractivity (Wildman–Crippen MR) is 144 cm³/mol. The van der Waals surface area contributed by atoms with Gasteiger partial charge in [0.2, 0.25) is 5.91 Å². The van der Waals surface area contributed by atoms with Crippen LogP contribution in [0.2, 0.25) is 0 Å². The van der Waals surface area contributed by atoms with E-state index in [2.05, 4.69) is 31.9 Å². The summed E-state index contributed by atoms with van der Waals surface area (Å²) >= 11 is 7.12. The summed E-state index contributed by atoms with van der Waals surface area (Å²) in [5.41, 5.74) is 2.73. The van der Waals surface area contributed by atoms with Gasteiger partial charge in [-0.3, -0.25) is 4.79 Å². The van der Waals surface area contributed by atoms with Crippen molar-refractivity contribution < 1.29 is 24.1 Å². The van der Waals surface area contributed by atoms with Crippen LogP contribution in [0, 0.1) is 0 Å². The number of halogens is 2. The predicted octanol–water partition coefficient (Wildman–Crippen LogP) is 6.32. The summed E-state index contributed by atoms with van der Waals surface area (Å²) in [6.07, 6.45) is 0.737. The lowest BCUT2D eigenvalue weighted by Gasteiger charge is -2.30. The Balaban J connectivity index is 1.89. The van der Waals surface area contributed by atoms with E-state index in [0.29, 0.717) is 30.2 Å². The highest BCUT2D eigenvalue weighted by Crippen LogP contribution is 2.35. The van der Waals surface area contributed by atoms with Crippen LogP contribution >= 0.6 is 31.9 Å². The van der Waals surface area contributed by atoms with Crippen molar-refractivity contribution in [2.75, 3.05) is 27.9 Å². The zero-order valence-electron chi connectivity index (χ0n) is 20.2. The van der Waals surface area contributed by atoms with Gasteiger partial charge in [0.1, 0.15) is 0 Å². The highest BCUT2D eigenvalue weighted by molar-refractivity contribution is 9.10. The molecule has 0 saturated carbocycles. The minimum absolute atomic E-state index is 0.0249. The Hall–Kier alpha value is -2.71. The molecule has 1 amide bonds. The Morgan fingerprint density at radius 1 is 0.886 bits per heavy atom. The Morgan fingerprint density at radius 3 is 2.09 bits per heavy atom. The molecule has 0 aliphatic rings. The maximum atomic E-state index is 13.7. The number of phenolic OH excluding ortho intramolecular Hbond substituents is 1. The Morgan fingerprint density at radius 2 is 1.46 bits per heavy atom. The van der Waals surface area contributed by atoms with E-state index in [1.807, 2.05) is 54.3 Å². The van der Waals surface area contributed by atoms with Crippen LogP contribution in [0.4, 0.5) is 0 Å². The minimum atomic E-state index is -0.145. The molecule has 3 aromatic rings. The van der Waals surface area contributed by atoms with Crippen molar-refractivity contribution in [1.29, 1.82) is 0 Å². The number of rotatable bonds is 10. The fourth-order valence-corrected chi connectivity index (χ4v) is 4.91. The standard InChI is InChI=1S/C27H29Br2NO5/c1-17(18-8-6-5-7-9-18)30(11-10-19-12-23(31)24(33-2)15-21(19)28)27(32)14-20-13-25(34-3)26(35-4)16-22(20)29/h5-9,12-13,15-17,31H,10-11,14H2,1-4H3/t17-/m0/s1. The lowest BCUT2D eigenvalue weighted by atomic mass is 10.0. The van der Waals surface area contributed by atoms with Gasteiger partial charge in [-0.05, 0) is 54.3 Å². The zero-order valence-corrected chi connectivity index (χ0v) is 23.4. The van der Waals surface area contributed by atoms with E-state index in [1.165, 1.54) is 7.11 Å². The molecule has 0 heterocycles. The molecule has 0 aliphatic carbocycles. The fraction of sp³-hybridized carbons (Fsp3) is 0.296. The molecular formula is C27H29Br2NO5. The van der Waals surface area contributed by atoms with Gasteiger partial charge in [0.05, 0.1) is 33.8 Å². The number of benzene rings is 3. The monoisotopic (exact) mass is 605 g/mol. The van der Waals surface area contributed by atoms with Crippen molar-refractivity contribution in [1.82, 2.24) is 4.90 Å². The van der Waals surface area contributed by atoms with E-state index in [0.717, 1.165) is 25.6 Å². The largest absolute Gasteiger partial charge is 0.504 e. The highest BCUT2D eigenvalue weighted by Gasteiger charge is 2.24. The summed E-state index contributed by atoms with van der Waals surface area (Å²) in [5, 5.41) is 10.2.